The second-order valence-electron chi connectivity index (χ2n) is 3.70. The Morgan fingerprint density at radius 2 is 2.06 bits per heavy atom. The highest BCUT2D eigenvalue weighted by molar-refractivity contribution is 6.01. The molecule has 1 rings (SSSR count). The number of unbranched alkanes of at least 4 members (excludes halogenated alkanes) is 2. The lowest BCUT2D eigenvalue weighted by Crippen LogP contribution is -2.03. The van der Waals surface area contributed by atoms with Crippen LogP contribution in [0.3, 0.4) is 0 Å². The Morgan fingerprint density at radius 3 is 2.71 bits per heavy atom. The highest BCUT2D eigenvalue weighted by atomic mass is 16.6. The fraction of sp³-hybridized carbons (Fsp3) is 0.333. The third kappa shape index (κ3) is 3.79. The maximum absolute atomic E-state index is 10.8. The Bertz CT molecular complexity index is 430. The molecule has 0 aromatic heterocycles. The number of nitro benzene ring substituents is 1. The molecule has 0 fully saturated rings. The van der Waals surface area contributed by atoms with Crippen molar-refractivity contribution < 1.29 is 4.92 Å². The zero-order valence-corrected chi connectivity index (χ0v) is 9.48. The minimum absolute atomic E-state index is 0.00967. The number of para-hydroxylation sites is 1. The predicted molar refractivity (Wildman–Crippen MR) is 67.2 cm³/mol. The first-order chi connectivity index (χ1) is 8.16. The van der Waals surface area contributed by atoms with Crippen molar-refractivity contribution >= 4 is 17.6 Å². The average Bonchev–Trinajstić information content (AvgIpc) is 2.34. The van der Waals surface area contributed by atoms with Crippen molar-refractivity contribution in [2.75, 3.05) is 0 Å². The van der Waals surface area contributed by atoms with E-state index < -0.39 is 4.92 Å². The summed E-state index contributed by atoms with van der Waals surface area (Å²) in [5.74, 6) is 0. The summed E-state index contributed by atoms with van der Waals surface area (Å²) in [5.41, 5.74) is 0.680. The van der Waals surface area contributed by atoms with Crippen LogP contribution >= 0.6 is 0 Å². The van der Waals surface area contributed by atoms with E-state index in [-0.39, 0.29) is 5.69 Å². The molecule has 0 spiro atoms. The third-order valence-electron chi connectivity index (χ3n) is 2.45. The molecule has 0 aliphatic rings. The fourth-order valence-electron chi connectivity index (χ4n) is 1.57. The maximum atomic E-state index is 10.8. The van der Waals surface area contributed by atoms with E-state index in [2.05, 4.69) is 0 Å². The molecular formula is C12H15N3O2. The van der Waals surface area contributed by atoms with Crippen LogP contribution in [0.4, 0.5) is 5.69 Å². The molecule has 0 aliphatic carbocycles. The van der Waals surface area contributed by atoms with Gasteiger partial charge in [-0.3, -0.25) is 10.1 Å². The van der Waals surface area contributed by atoms with Crippen molar-refractivity contribution in [3.8, 4) is 0 Å². The molecule has 5 nitrogen and oxygen atoms in total. The smallest absolute Gasteiger partial charge is 0.278 e. The summed E-state index contributed by atoms with van der Waals surface area (Å²) in [7, 11) is 0. The lowest BCUT2D eigenvalue weighted by atomic mass is 10.0. The van der Waals surface area contributed by atoms with E-state index in [1.54, 1.807) is 18.2 Å². The minimum atomic E-state index is -0.457. The normalized spacial score (nSPS) is 9.88. The number of nitro groups is 1. The Balaban J connectivity index is 2.68. The Labute approximate surface area is 99.6 Å². The molecule has 0 unspecified atom stereocenters. The van der Waals surface area contributed by atoms with Crippen LogP contribution < -0.4 is 0 Å². The molecule has 17 heavy (non-hydrogen) atoms. The van der Waals surface area contributed by atoms with Crippen LogP contribution in [0.5, 0.6) is 0 Å². The summed E-state index contributed by atoms with van der Waals surface area (Å²) in [4.78, 5) is 10.3. The van der Waals surface area contributed by atoms with Gasteiger partial charge in [0.05, 0.1) is 10.5 Å². The predicted octanol–water partition coefficient (Wildman–Crippen LogP) is 3.17. The molecule has 0 bridgehead atoms. The van der Waals surface area contributed by atoms with Crippen LogP contribution in [0.1, 0.15) is 31.2 Å². The van der Waals surface area contributed by atoms with Gasteiger partial charge in [0, 0.05) is 11.8 Å². The Morgan fingerprint density at radius 1 is 1.35 bits per heavy atom. The number of benzene rings is 1. The average molecular weight is 233 g/mol. The summed E-state index contributed by atoms with van der Waals surface area (Å²) >= 11 is 0. The van der Waals surface area contributed by atoms with Crippen LogP contribution in [0, 0.1) is 20.9 Å². The van der Waals surface area contributed by atoms with Gasteiger partial charge in [-0.25, -0.2) is 0 Å². The Hall–Kier alpha value is -2.04. The zero-order valence-electron chi connectivity index (χ0n) is 9.48. The number of hydrogen-bond acceptors (Lipinski definition) is 4. The summed E-state index contributed by atoms with van der Waals surface area (Å²) in [5, 5.41) is 25.5. The van der Waals surface area contributed by atoms with Crippen molar-refractivity contribution in [2.45, 2.75) is 25.7 Å². The van der Waals surface area contributed by atoms with E-state index in [9.17, 15) is 10.1 Å². The molecule has 0 saturated carbocycles. The fourth-order valence-corrected chi connectivity index (χ4v) is 1.57. The number of hydrogen-bond donors (Lipinski definition) is 2. The van der Waals surface area contributed by atoms with Gasteiger partial charge in [0.2, 0.25) is 0 Å². The Kier molecular flexibility index (Phi) is 5.00. The molecule has 0 atom stereocenters. The number of nitrogens with one attached hydrogen (secondary N) is 2. The summed E-state index contributed by atoms with van der Waals surface area (Å²) in [6.07, 6.45) is 4.17. The van der Waals surface area contributed by atoms with Crippen LogP contribution in [0.25, 0.3) is 0 Å². The van der Waals surface area contributed by atoms with Gasteiger partial charge in [0.1, 0.15) is 0 Å². The van der Waals surface area contributed by atoms with Crippen molar-refractivity contribution in [3.63, 3.8) is 0 Å². The maximum Gasteiger partial charge on any atom is 0.278 e. The first-order valence-electron chi connectivity index (χ1n) is 5.47. The molecule has 0 amide bonds. The largest absolute Gasteiger partial charge is 0.313 e. The van der Waals surface area contributed by atoms with E-state index in [0.717, 1.165) is 12.8 Å². The molecule has 5 heteroatoms. The summed E-state index contributed by atoms with van der Waals surface area (Å²) in [6, 6.07) is 6.33. The zero-order chi connectivity index (χ0) is 12.7. The van der Waals surface area contributed by atoms with E-state index in [4.69, 9.17) is 10.8 Å². The van der Waals surface area contributed by atoms with Gasteiger partial charge < -0.3 is 10.8 Å². The van der Waals surface area contributed by atoms with Crippen molar-refractivity contribution in [1.29, 1.82) is 10.8 Å². The third-order valence-corrected chi connectivity index (χ3v) is 2.45. The monoisotopic (exact) mass is 233 g/mol. The van der Waals surface area contributed by atoms with Crippen molar-refractivity contribution in [1.82, 2.24) is 0 Å². The molecular weight excluding hydrogens is 218 g/mol. The van der Waals surface area contributed by atoms with E-state index in [0.29, 0.717) is 24.1 Å². The van der Waals surface area contributed by atoms with Crippen LogP contribution in [-0.4, -0.2) is 16.8 Å². The van der Waals surface area contributed by atoms with Gasteiger partial charge in [0.15, 0.2) is 0 Å². The highest BCUT2D eigenvalue weighted by Gasteiger charge is 2.15. The molecule has 0 saturated heterocycles. The number of rotatable bonds is 7. The van der Waals surface area contributed by atoms with E-state index >= 15 is 0 Å². The van der Waals surface area contributed by atoms with Gasteiger partial charge in [-0.1, -0.05) is 12.1 Å². The van der Waals surface area contributed by atoms with E-state index in [1.807, 2.05) is 0 Å². The molecule has 1 aromatic carbocycles. The summed E-state index contributed by atoms with van der Waals surface area (Å²) < 4.78 is 0. The first-order valence-corrected chi connectivity index (χ1v) is 5.47. The van der Waals surface area contributed by atoms with Gasteiger partial charge in [-0.05, 0) is 38.0 Å². The lowest BCUT2D eigenvalue weighted by Gasteiger charge is -2.04. The number of nitrogens with zero attached hydrogens (tertiary/aromatic N) is 1. The molecule has 1 aromatic rings. The van der Waals surface area contributed by atoms with Crippen LogP contribution in [-0.2, 0) is 0 Å². The lowest BCUT2D eigenvalue weighted by molar-refractivity contribution is -0.385. The van der Waals surface area contributed by atoms with Gasteiger partial charge >= 0.3 is 0 Å². The highest BCUT2D eigenvalue weighted by Crippen LogP contribution is 2.20. The molecule has 90 valence electrons. The standard InChI is InChI=1S/C12H15N3O2/c13-9-5-1-2-7-11(14)10-6-3-4-8-12(10)15(16)17/h3-4,6,8-9,13-14H,1-2,5,7H2. The van der Waals surface area contributed by atoms with E-state index in [1.165, 1.54) is 12.3 Å². The van der Waals surface area contributed by atoms with Crippen molar-refractivity contribution in [2.24, 2.45) is 0 Å². The van der Waals surface area contributed by atoms with Gasteiger partial charge in [-0.2, -0.15) is 0 Å². The molecule has 0 aliphatic heterocycles. The summed E-state index contributed by atoms with van der Waals surface area (Å²) in [6.45, 7) is 0. The quantitative estimate of drug-likeness (QED) is 0.327. The molecule has 0 heterocycles. The van der Waals surface area contributed by atoms with Crippen molar-refractivity contribution in [3.05, 3.63) is 39.9 Å². The van der Waals surface area contributed by atoms with Gasteiger partial charge in [-0.15, -0.1) is 0 Å². The van der Waals surface area contributed by atoms with Crippen LogP contribution in [0.2, 0.25) is 0 Å². The second-order valence-corrected chi connectivity index (χ2v) is 3.70. The SMILES string of the molecule is N=CCCCCC(=N)c1ccccc1[N+](=O)[O-]. The topological polar surface area (TPSA) is 90.8 Å². The molecule has 2 N–H and O–H groups in total. The van der Waals surface area contributed by atoms with Crippen LogP contribution in [0.15, 0.2) is 24.3 Å². The second kappa shape index (κ2) is 6.52. The minimum Gasteiger partial charge on any atom is -0.313 e. The molecule has 0 radical (unpaired) electrons. The van der Waals surface area contributed by atoms with Gasteiger partial charge in [0.25, 0.3) is 5.69 Å². The first kappa shape index (κ1) is 13.0.